The average Bonchev–Trinajstić information content (AvgIpc) is 2.78. The molecular formula is C23H23ClN2O5S. The van der Waals surface area contributed by atoms with Gasteiger partial charge in [-0.15, -0.1) is 0 Å². The van der Waals surface area contributed by atoms with Gasteiger partial charge in [0.1, 0.15) is 0 Å². The number of halogens is 1. The van der Waals surface area contributed by atoms with Gasteiger partial charge in [-0.1, -0.05) is 29.8 Å². The van der Waals surface area contributed by atoms with E-state index in [4.69, 9.17) is 16.3 Å². The molecular weight excluding hydrogens is 452 g/mol. The number of urea groups is 1. The Morgan fingerprint density at radius 1 is 1.09 bits per heavy atom. The number of benzene rings is 2. The number of esters is 1. The zero-order valence-corrected chi connectivity index (χ0v) is 19.1. The maximum Gasteiger partial charge on any atom is 0.338 e. The molecule has 1 heterocycles. The molecule has 4 rings (SSSR count). The van der Waals surface area contributed by atoms with Crippen LogP contribution in [0.5, 0.6) is 0 Å². The van der Waals surface area contributed by atoms with Crippen LogP contribution >= 0.6 is 11.6 Å². The summed E-state index contributed by atoms with van der Waals surface area (Å²) in [5.74, 6) is -1.26. The molecule has 2 aromatic carbocycles. The molecule has 32 heavy (non-hydrogen) atoms. The SMILES string of the molecule is COC(=O)C1=C(CS(=O)(=O)c2ccc3c(c2)CCCC3)NC(=O)N[C@@H]1c1ccc(Cl)cc1. The van der Waals surface area contributed by atoms with Crippen LogP contribution in [-0.2, 0) is 32.2 Å². The molecule has 0 aromatic heterocycles. The molecule has 1 atom stereocenters. The lowest BCUT2D eigenvalue weighted by atomic mass is 9.92. The Hall–Kier alpha value is -2.84. The number of rotatable bonds is 5. The first kappa shape index (κ1) is 22.4. The van der Waals surface area contributed by atoms with Crippen molar-refractivity contribution in [2.24, 2.45) is 0 Å². The Morgan fingerprint density at radius 3 is 2.47 bits per heavy atom. The summed E-state index contributed by atoms with van der Waals surface area (Å²) in [6.07, 6.45) is 3.91. The highest BCUT2D eigenvalue weighted by Crippen LogP contribution is 2.31. The van der Waals surface area contributed by atoms with Crippen LogP contribution in [0.3, 0.4) is 0 Å². The molecule has 0 saturated carbocycles. The van der Waals surface area contributed by atoms with Crippen LogP contribution in [0.25, 0.3) is 0 Å². The second-order valence-corrected chi connectivity index (χ2v) is 10.3. The zero-order valence-electron chi connectivity index (χ0n) is 17.5. The van der Waals surface area contributed by atoms with Crippen LogP contribution in [0.15, 0.2) is 58.6 Å². The molecule has 1 aliphatic carbocycles. The second-order valence-electron chi connectivity index (χ2n) is 7.86. The van der Waals surface area contributed by atoms with Crippen LogP contribution < -0.4 is 10.6 Å². The monoisotopic (exact) mass is 474 g/mol. The van der Waals surface area contributed by atoms with E-state index in [0.29, 0.717) is 10.6 Å². The minimum Gasteiger partial charge on any atom is -0.466 e. The van der Waals surface area contributed by atoms with Crippen LogP contribution in [0, 0.1) is 0 Å². The quantitative estimate of drug-likeness (QED) is 0.646. The van der Waals surface area contributed by atoms with Gasteiger partial charge >= 0.3 is 12.0 Å². The predicted octanol–water partition coefficient (Wildman–Crippen LogP) is 3.47. The van der Waals surface area contributed by atoms with E-state index in [9.17, 15) is 18.0 Å². The number of carbonyl (C=O) groups is 2. The van der Waals surface area contributed by atoms with Crippen molar-refractivity contribution in [1.82, 2.24) is 10.6 Å². The van der Waals surface area contributed by atoms with Crippen molar-refractivity contribution in [2.75, 3.05) is 12.9 Å². The van der Waals surface area contributed by atoms with E-state index in [1.54, 1.807) is 36.4 Å². The molecule has 2 aliphatic rings. The lowest BCUT2D eigenvalue weighted by Gasteiger charge is -2.29. The van der Waals surface area contributed by atoms with Gasteiger partial charge in [-0.2, -0.15) is 0 Å². The topological polar surface area (TPSA) is 102 Å². The Kier molecular flexibility index (Phi) is 6.26. The van der Waals surface area contributed by atoms with Crippen LogP contribution in [0.1, 0.15) is 35.6 Å². The van der Waals surface area contributed by atoms with Gasteiger partial charge in [0, 0.05) is 10.7 Å². The number of hydrogen-bond donors (Lipinski definition) is 2. The molecule has 168 valence electrons. The zero-order chi connectivity index (χ0) is 22.9. The van der Waals surface area contributed by atoms with E-state index in [0.717, 1.165) is 31.2 Å². The smallest absolute Gasteiger partial charge is 0.338 e. The summed E-state index contributed by atoms with van der Waals surface area (Å²) in [4.78, 5) is 25.2. The lowest BCUT2D eigenvalue weighted by Crippen LogP contribution is -2.47. The summed E-state index contributed by atoms with van der Waals surface area (Å²) >= 11 is 5.96. The molecule has 0 unspecified atom stereocenters. The Balaban J connectivity index is 1.75. The first-order valence-electron chi connectivity index (χ1n) is 10.3. The summed E-state index contributed by atoms with van der Waals surface area (Å²) in [5.41, 5.74) is 2.82. The van der Waals surface area contributed by atoms with E-state index in [2.05, 4.69) is 10.6 Å². The molecule has 0 radical (unpaired) electrons. The predicted molar refractivity (Wildman–Crippen MR) is 120 cm³/mol. The van der Waals surface area contributed by atoms with Gasteiger partial charge < -0.3 is 15.4 Å². The first-order chi connectivity index (χ1) is 15.3. The van der Waals surface area contributed by atoms with Crippen molar-refractivity contribution in [3.63, 3.8) is 0 Å². The summed E-state index contributed by atoms with van der Waals surface area (Å²) in [5, 5.41) is 5.67. The van der Waals surface area contributed by atoms with Gasteiger partial charge in [0.15, 0.2) is 9.84 Å². The van der Waals surface area contributed by atoms with Gasteiger partial charge in [0.25, 0.3) is 0 Å². The van der Waals surface area contributed by atoms with Gasteiger partial charge in [0.2, 0.25) is 0 Å². The molecule has 7 nitrogen and oxygen atoms in total. The van der Waals surface area contributed by atoms with Crippen LogP contribution in [0.2, 0.25) is 5.02 Å². The van der Waals surface area contributed by atoms with Crippen molar-refractivity contribution < 1.29 is 22.7 Å². The van der Waals surface area contributed by atoms with E-state index in [1.165, 1.54) is 12.7 Å². The highest BCUT2D eigenvalue weighted by Gasteiger charge is 2.35. The molecule has 0 saturated heterocycles. The molecule has 2 amide bonds. The van der Waals surface area contributed by atoms with E-state index >= 15 is 0 Å². The van der Waals surface area contributed by atoms with Crippen molar-refractivity contribution >= 4 is 33.4 Å². The number of ether oxygens (including phenoxy) is 1. The minimum absolute atomic E-state index is 0.00160. The molecule has 0 spiro atoms. The number of carbonyl (C=O) groups excluding carboxylic acids is 2. The first-order valence-corrected chi connectivity index (χ1v) is 12.3. The number of aryl methyl sites for hydroxylation is 2. The Bertz CT molecular complexity index is 1210. The maximum atomic E-state index is 13.3. The number of hydrogen-bond acceptors (Lipinski definition) is 5. The fraction of sp³-hybridized carbons (Fsp3) is 0.304. The summed E-state index contributed by atoms with van der Waals surface area (Å²) in [7, 11) is -2.62. The van der Waals surface area contributed by atoms with Crippen LogP contribution in [0.4, 0.5) is 4.79 Å². The third-order valence-electron chi connectivity index (χ3n) is 5.78. The highest BCUT2D eigenvalue weighted by molar-refractivity contribution is 7.91. The number of nitrogens with one attached hydrogen (secondary N) is 2. The van der Waals surface area contributed by atoms with E-state index < -0.39 is 33.6 Å². The highest BCUT2D eigenvalue weighted by atomic mass is 35.5. The normalized spacial score (nSPS) is 18.4. The summed E-state index contributed by atoms with van der Waals surface area (Å²) in [6.45, 7) is 0. The fourth-order valence-electron chi connectivity index (χ4n) is 4.16. The third-order valence-corrected chi connectivity index (χ3v) is 7.67. The molecule has 0 fully saturated rings. The summed E-state index contributed by atoms with van der Waals surface area (Å²) < 4.78 is 31.4. The van der Waals surface area contributed by atoms with Gasteiger partial charge in [-0.05, 0) is 66.6 Å². The van der Waals surface area contributed by atoms with Crippen molar-refractivity contribution in [2.45, 2.75) is 36.6 Å². The van der Waals surface area contributed by atoms with Crippen molar-refractivity contribution in [3.05, 3.63) is 75.4 Å². The Labute approximate surface area is 191 Å². The van der Waals surface area contributed by atoms with Gasteiger partial charge in [-0.3, -0.25) is 0 Å². The van der Waals surface area contributed by atoms with Crippen LogP contribution in [-0.4, -0.2) is 33.3 Å². The summed E-state index contributed by atoms with van der Waals surface area (Å²) in [6, 6.07) is 10.3. The number of fused-ring (bicyclic) bond motifs is 1. The van der Waals surface area contributed by atoms with Crippen molar-refractivity contribution in [3.8, 4) is 0 Å². The number of sulfone groups is 1. The second kappa shape index (κ2) is 8.96. The van der Waals surface area contributed by atoms with Crippen molar-refractivity contribution in [1.29, 1.82) is 0 Å². The number of amides is 2. The van der Waals surface area contributed by atoms with Gasteiger partial charge in [-0.25, -0.2) is 18.0 Å². The lowest BCUT2D eigenvalue weighted by molar-refractivity contribution is -0.136. The largest absolute Gasteiger partial charge is 0.466 e. The minimum atomic E-state index is -3.83. The maximum absolute atomic E-state index is 13.3. The molecule has 0 bridgehead atoms. The molecule has 2 N–H and O–H groups in total. The molecule has 9 heteroatoms. The molecule has 2 aromatic rings. The van der Waals surface area contributed by atoms with E-state index in [-0.39, 0.29) is 16.2 Å². The third kappa shape index (κ3) is 4.52. The average molecular weight is 475 g/mol. The standard InChI is InChI=1S/C23H23ClN2O5S/c1-31-22(27)20-19(25-23(28)26-21(20)15-6-9-17(24)10-7-15)13-32(29,30)18-11-8-14-4-2-3-5-16(14)12-18/h6-12,21H,2-5,13H2,1H3,(H2,25,26,28)/t21-/m1/s1. The molecule has 1 aliphatic heterocycles. The fourth-order valence-corrected chi connectivity index (χ4v) is 5.66. The number of methoxy groups -OCH3 is 1. The van der Waals surface area contributed by atoms with Gasteiger partial charge in [0.05, 0.1) is 29.4 Å². The van der Waals surface area contributed by atoms with E-state index in [1.807, 2.05) is 6.07 Å². The Morgan fingerprint density at radius 2 is 1.78 bits per heavy atom.